The van der Waals surface area contributed by atoms with Crippen molar-refractivity contribution in [2.75, 3.05) is 6.54 Å². The molecule has 0 aliphatic heterocycles. The SMILES string of the molecule is CC(=O)NCCCCCC(=O)NC1CCC(C(=O)O)C1. The molecule has 1 aliphatic carbocycles. The first-order valence-corrected chi connectivity index (χ1v) is 7.25. The van der Waals surface area contributed by atoms with Crippen molar-refractivity contribution in [3.63, 3.8) is 0 Å². The van der Waals surface area contributed by atoms with Crippen LogP contribution in [0.2, 0.25) is 0 Å². The van der Waals surface area contributed by atoms with Gasteiger partial charge in [0.2, 0.25) is 11.8 Å². The molecular weight excluding hydrogens is 260 g/mol. The van der Waals surface area contributed by atoms with Crippen LogP contribution in [0.4, 0.5) is 0 Å². The number of carboxylic acid groups (broad SMARTS) is 1. The summed E-state index contributed by atoms with van der Waals surface area (Å²) in [5, 5.41) is 14.5. The number of unbranched alkanes of at least 4 members (excludes halogenated alkanes) is 2. The van der Waals surface area contributed by atoms with E-state index in [2.05, 4.69) is 10.6 Å². The van der Waals surface area contributed by atoms with Gasteiger partial charge in [-0.3, -0.25) is 14.4 Å². The molecule has 0 spiro atoms. The molecule has 6 heteroatoms. The van der Waals surface area contributed by atoms with Crippen molar-refractivity contribution in [2.24, 2.45) is 5.92 Å². The molecule has 0 aromatic heterocycles. The predicted molar refractivity (Wildman–Crippen MR) is 74.1 cm³/mol. The van der Waals surface area contributed by atoms with Crippen LogP contribution in [-0.2, 0) is 14.4 Å². The summed E-state index contributed by atoms with van der Waals surface area (Å²) in [6, 6.07) is 0.0166. The predicted octanol–water partition coefficient (Wildman–Crippen LogP) is 1.05. The molecule has 20 heavy (non-hydrogen) atoms. The maximum atomic E-state index is 11.7. The van der Waals surface area contributed by atoms with Gasteiger partial charge in [0.1, 0.15) is 0 Å². The number of carbonyl (C=O) groups is 3. The van der Waals surface area contributed by atoms with E-state index in [0.29, 0.717) is 25.8 Å². The van der Waals surface area contributed by atoms with Gasteiger partial charge in [-0.2, -0.15) is 0 Å². The summed E-state index contributed by atoms with van der Waals surface area (Å²) in [5.41, 5.74) is 0. The first-order valence-electron chi connectivity index (χ1n) is 7.25. The van der Waals surface area contributed by atoms with Crippen LogP contribution in [0.3, 0.4) is 0 Å². The van der Waals surface area contributed by atoms with E-state index in [1.54, 1.807) is 0 Å². The highest BCUT2D eigenvalue weighted by Crippen LogP contribution is 2.25. The normalized spacial score (nSPS) is 21.4. The van der Waals surface area contributed by atoms with E-state index >= 15 is 0 Å². The molecule has 1 fully saturated rings. The average Bonchev–Trinajstić information content (AvgIpc) is 2.81. The molecule has 114 valence electrons. The minimum Gasteiger partial charge on any atom is -0.481 e. The Morgan fingerprint density at radius 1 is 1.15 bits per heavy atom. The fourth-order valence-corrected chi connectivity index (χ4v) is 2.49. The fourth-order valence-electron chi connectivity index (χ4n) is 2.49. The van der Waals surface area contributed by atoms with Crippen LogP contribution in [0, 0.1) is 5.92 Å². The molecular formula is C14H24N2O4. The van der Waals surface area contributed by atoms with Gasteiger partial charge in [-0.1, -0.05) is 6.42 Å². The fraction of sp³-hybridized carbons (Fsp3) is 0.786. The maximum Gasteiger partial charge on any atom is 0.306 e. The van der Waals surface area contributed by atoms with E-state index in [9.17, 15) is 14.4 Å². The van der Waals surface area contributed by atoms with E-state index in [1.165, 1.54) is 6.92 Å². The molecule has 0 bridgehead atoms. The molecule has 0 heterocycles. The number of nitrogens with one attached hydrogen (secondary N) is 2. The van der Waals surface area contributed by atoms with E-state index < -0.39 is 5.97 Å². The third kappa shape index (κ3) is 6.54. The van der Waals surface area contributed by atoms with Crippen LogP contribution < -0.4 is 10.6 Å². The highest BCUT2D eigenvalue weighted by atomic mass is 16.4. The quantitative estimate of drug-likeness (QED) is 0.581. The van der Waals surface area contributed by atoms with Crippen LogP contribution in [-0.4, -0.2) is 35.5 Å². The minimum atomic E-state index is -0.764. The number of rotatable bonds is 8. The highest BCUT2D eigenvalue weighted by Gasteiger charge is 2.30. The lowest BCUT2D eigenvalue weighted by molar-refractivity contribution is -0.141. The Morgan fingerprint density at radius 3 is 2.50 bits per heavy atom. The molecule has 6 nitrogen and oxygen atoms in total. The summed E-state index contributed by atoms with van der Waals surface area (Å²) < 4.78 is 0. The molecule has 2 amide bonds. The summed E-state index contributed by atoms with van der Waals surface area (Å²) in [6.45, 7) is 2.14. The van der Waals surface area contributed by atoms with E-state index in [1.807, 2.05) is 0 Å². The van der Waals surface area contributed by atoms with Gasteiger partial charge in [-0.15, -0.1) is 0 Å². The molecule has 3 N–H and O–H groups in total. The summed E-state index contributed by atoms with van der Waals surface area (Å²) in [6.07, 6.45) is 4.98. The van der Waals surface area contributed by atoms with Gasteiger partial charge >= 0.3 is 5.97 Å². The van der Waals surface area contributed by atoms with Gasteiger partial charge in [-0.05, 0) is 32.1 Å². The van der Waals surface area contributed by atoms with E-state index in [-0.39, 0.29) is 23.8 Å². The third-order valence-corrected chi connectivity index (χ3v) is 3.60. The number of amides is 2. The van der Waals surface area contributed by atoms with Gasteiger partial charge in [0.15, 0.2) is 0 Å². The second-order valence-corrected chi connectivity index (χ2v) is 5.41. The van der Waals surface area contributed by atoms with Crippen molar-refractivity contribution in [3.8, 4) is 0 Å². The highest BCUT2D eigenvalue weighted by molar-refractivity contribution is 5.76. The zero-order chi connectivity index (χ0) is 15.0. The molecule has 0 aromatic carbocycles. The number of hydrogen-bond donors (Lipinski definition) is 3. The first kappa shape index (κ1) is 16.5. The molecule has 1 saturated carbocycles. The molecule has 0 saturated heterocycles. The number of carbonyl (C=O) groups excluding carboxylic acids is 2. The van der Waals surface area contributed by atoms with E-state index in [0.717, 1.165) is 25.7 Å². The van der Waals surface area contributed by atoms with Gasteiger partial charge in [0.05, 0.1) is 5.92 Å². The van der Waals surface area contributed by atoms with E-state index in [4.69, 9.17) is 5.11 Å². The average molecular weight is 284 g/mol. The van der Waals surface area contributed by atoms with Crippen LogP contribution in [0.5, 0.6) is 0 Å². The zero-order valence-electron chi connectivity index (χ0n) is 12.0. The van der Waals surface area contributed by atoms with Crippen LogP contribution in [0.1, 0.15) is 51.9 Å². The van der Waals surface area contributed by atoms with Crippen molar-refractivity contribution in [3.05, 3.63) is 0 Å². The Morgan fingerprint density at radius 2 is 1.90 bits per heavy atom. The lowest BCUT2D eigenvalue weighted by atomic mass is 10.1. The molecule has 1 aliphatic rings. The first-order chi connectivity index (χ1) is 9.49. The Kier molecular flexibility index (Phi) is 7.04. The van der Waals surface area contributed by atoms with Gasteiger partial charge in [0.25, 0.3) is 0 Å². The number of aliphatic carboxylic acids is 1. The zero-order valence-corrected chi connectivity index (χ0v) is 12.0. The second kappa shape index (κ2) is 8.55. The summed E-state index contributed by atoms with van der Waals surface area (Å²) in [4.78, 5) is 33.1. The molecule has 0 radical (unpaired) electrons. The third-order valence-electron chi connectivity index (χ3n) is 3.60. The van der Waals surface area contributed by atoms with Gasteiger partial charge in [0, 0.05) is 25.9 Å². The van der Waals surface area contributed by atoms with Crippen molar-refractivity contribution >= 4 is 17.8 Å². The van der Waals surface area contributed by atoms with Crippen LogP contribution in [0.25, 0.3) is 0 Å². The Labute approximate surface area is 119 Å². The summed E-state index contributed by atoms with van der Waals surface area (Å²) in [7, 11) is 0. The Balaban J connectivity index is 2.04. The Hall–Kier alpha value is -1.59. The van der Waals surface area contributed by atoms with Crippen molar-refractivity contribution in [1.82, 2.24) is 10.6 Å². The number of hydrogen-bond acceptors (Lipinski definition) is 3. The van der Waals surface area contributed by atoms with Crippen LogP contribution >= 0.6 is 0 Å². The maximum absolute atomic E-state index is 11.7. The standard InChI is InChI=1S/C14H24N2O4/c1-10(17)15-8-4-2-3-5-13(18)16-12-7-6-11(9-12)14(19)20/h11-12H,2-9H2,1H3,(H,15,17)(H,16,18)(H,19,20). The van der Waals surface area contributed by atoms with Crippen molar-refractivity contribution in [2.45, 2.75) is 57.9 Å². The van der Waals surface area contributed by atoms with Crippen molar-refractivity contribution in [1.29, 1.82) is 0 Å². The Bertz CT molecular complexity index is 357. The largest absolute Gasteiger partial charge is 0.481 e. The molecule has 0 aromatic rings. The lowest BCUT2D eigenvalue weighted by Gasteiger charge is -2.12. The number of carboxylic acids is 1. The van der Waals surface area contributed by atoms with Crippen molar-refractivity contribution < 1.29 is 19.5 Å². The smallest absolute Gasteiger partial charge is 0.306 e. The monoisotopic (exact) mass is 284 g/mol. The second-order valence-electron chi connectivity index (χ2n) is 5.41. The molecule has 2 atom stereocenters. The summed E-state index contributed by atoms with van der Waals surface area (Å²) >= 11 is 0. The van der Waals surface area contributed by atoms with Crippen LogP contribution in [0.15, 0.2) is 0 Å². The van der Waals surface area contributed by atoms with Gasteiger partial charge < -0.3 is 15.7 Å². The topological polar surface area (TPSA) is 95.5 Å². The lowest BCUT2D eigenvalue weighted by Crippen LogP contribution is -2.33. The molecule has 2 unspecified atom stereocenters. The summed E-state index contributed by atoms with van der Waals surface area (Å²) in [5.74, 6) is -1.10. The van der Waals surface area contributed by atoms with Gasteiger partial charge in [-0.25, -0.2) is 0 Å². The minimum absolute atomic E-state index is 0.000524. The molecule has 1 rings (SSSR count).